The van der Waals surface area contributed by atoms with Gasteiger partial charge in [0.05, 0.1) is 6.61 Å². The molecule has 0 spiro atoms. The molecule has 5 nitrogen and oxygen atoms in total. The van der Waals surface area contributed by atoms with Crippen molar-refractivity contribution < 1.29 is 24.9 Å². The first-order chi connectivity index (χ1) is 16.5. The molecule has 1 rings (SSSR count). The predicted octanol–water partition coefficient (Wildman–Crippen LogP) is 8.56. The first-order valence-corrected chi connectivity index (χ1v) is 13.9. The minimum absolute atomic E-state index is 0.272. The molecular formula is C29H50O5. The first kappa shape index (κ1) is 30.1. The molecule has 0 radical (unpaired) electrons. The lowest BCUT2D eigenvalue weighted by Gasteiger charge is -2.21. The fraction of sp³-hybridized carbons (Fsp3) is 0.759. The van der Waals surface area contributed by atoms with E-state index in [1.165, 1.54) is 38.5 Å². The SMILES string of the molecule is CCCCCCCCc1c(O)c(O)c(C(=O)O)c(OCCCCCC)c1CCCCCCCC. The summed E-state index contributed by atoms with van der Waals surface area (Å²) >= 11 is 0. The summed E-state index contributed by atoms with van der Waals surface area (Å²) in [5.74, 6) is -1.81. The maximum absolute atomic E-state index is 12.1. The Morgan fingerprint density at radius 2 is 1.06 bits per heavy atom. The van der Waals surface area contributed by atoms with Crippen molar-refractivity contribution in [2.75, 3.05) is 6.61 Å². The average Bonchev–Trinajstić information content (AvgIpc) is 2.81. The molecule has 0 aliphatic heterocycles. The zero-order valence-corrected chi connectivity index (χ0v) is 22.1. The molecule has 1 aromatic carbocycles. The fourth-order valence-corrected chi connectivity index (χ4v) is 4.56. The number of phenols is 2. The quantitative estimate of drug-likeness (QED) is 0.122. The Balaban J connectivity index is 3.12. The number of carboxylic acids is 1. The molecule has 0 bridgehead atoms. The van der Waals surface area contributed by atoms with Crippen LogP contribution in [-0.4, -0.2) is 27.9 Å². The van der Waals surface area contributed by atoms with E-state index in [9.17, 15) is 20.1 Å². The van der Waals surface area contributed by atoms with Gasteiger partial charge in [-0.15, -0.1) is 0 Å². The number of unbranched alkanes of at least 4 members (excludes halogenated alkanes) is 13. The largest absolute Gasteiger partial charge is 0.504 e. The van der Waals surface area contributed by atoms with Gasteiger partial charge in [-0.3, -0.25) is 0 Å². The highest BCUT2D eigenvalue weighted by atomic mass is 16.5. The second-order valence-corrected chi connectivity index (χ2v) is 9.61. The third-order valence-electron chi connectivity index (χ3n) is 6.63. The number of benzene rings is 1. The normalized spacial score (nSPS) is 11.1. The van der Waals surface area contributed by atoms with E-state index in [0.29, 0.717) is 25.0 Å². The summed E-state index contributed by atoms with van der Waals surface area (Å²) in [4.78, 5) is 12.1. The van der Waals surface area contributed by atoms with Crippen LogP contribution in [0.1, 0.15) is 145 Å². The van der Waals surface area contributed by atoms with Gasteiger partial charge in [-0.05, 0) is 32.1 Å². The number of phenolic OH excluding ortho intramolecular Hbond substituents is 1. The van der Waals surface area contributed by atoms with Gasteiger partial charge in [-0.2, -0.15) is 0 Å². The molecular weight excluding hydrogens is 428 g/mol. The number of hydrogen-bond donors (Lipinski definition) is 3. The lowest BCUT2D eigenvalue weighted by Crippen LogP contribution is -2.11. The highest BCUT2D eigenvalue weighted by Crippen LogP contribution is 2.44. The molecule has 0 aliphatic rings. The van der Waals surface area contributed by atoms with E-state index in [4.69, 9.17) is 4.74 Å². The number of rotatable bonds is 21. The Hall–Kier alpha value is -1.91. The van der Waals surface area contributed by atoms with Crippen molar-refractivity contribution in [2.24, 2.45) is 0 Å². The van der Waals surface area contributed by atoms with Gasteiger partial charge in [-0.25, -0.2) is 4.79 Å². The van der Waals surface area contributed by atoms with Crippen molar-refractivity contribution in [3.63, 3.8) is 0 Å². The molecule has 0 heterocycles. The van der Waals surface area contributed by atoms with Crippen LogP contribution in [0.2, 0.25) is 0 Å². The molecule has 0 saturated carbocycles. The summed E-state index contributed by atoms with van der Waals surface area (Å²) in [7, 11) is 0. The standard InChI is InChI=1S/C29H50O5/c1-4-7-10-13-15-17-20-23-24(21-18-16-14-11-8-5-2)28(34-22-19-12-9-6-3)25(29(32)33)27(31)26(23)30/h30-31H,4-22H2,1-3H3,(H,32,33). The van der Waals surface area contributed by atoms with E-state index >= 15 is 0 Å². The molecule has 0 fully saturated rings. The van der Waals surface area contributed by atoms with Crippen LogP contribution in [0, 0.1) is 0 Å². The van der Waals surface area contributed by atoms with Crippen LogP contribution in [0.25, 0.3) is 0 Å². The molecule has 196 valence electrons. The number of ether oxygens (including phenoxy) is 1. The zero-order chi connectivity index (χ0) is 25.2. The van der Waals surface area contributed by atoms with Crippen molar-refractivity contribution in [3.8, 4) is 17.2 Å². The molecule has 0 aromatic heterocycles. The van der Waals surface area contributed by atoms with E-state index in [1.807, 2.05) is 0 Å². The van der Waals surface area contributed by atoms with Crippen molar-refractivity contribution in [3.05, 3.63) is 16.7 Å². The molecule has 0 unspecified atom stereocenters. The summed E-state index contributed by atoms with van der Waals surface area (Å²) in [6, 6.07) is 0. The van der Waals surface area contributed by atoms with Crippen LogP contribution in [0.3, 0.4) is 0 Å². The van der Waals surface area contributed by atoms with E-state index in [2.05, 4.69) is 20.8 Å². The average molecular weight is 479 g/mol. The van der Waals surface area contributed by atoms with Crippen LogP contribution in [0.5, 0.6) is 17.2 Å². The van der Waals surface area contributed by atoms with Crippen LogP contribution >= 0.6 is 0 Å². The molecule has 34 heavy (non-hydrogen) atoms. The fourth-order valence-electron chi connectivity index (χ4n) is 4.56. The molecule has 0 saturated heterocycles. The van der Waals surface area contributed by atoms with E-state index < -0.39 is 11.7 Å². The third kappa shape index (κ3) is 10.6. The molecule has 5 heteroatoms. The minimum atomic E-state index is -1.26. The predicted molar refractivity (Wildman–Crippen MR) is 141 cm³/mol. The Bertz CT molecular complexity index is 698. The Kier molecular flexibility index (Phi) is 16.3. The Morgan fingerprint density at radius 1 is 0.618 bits per heavy atom. The summed E-state index contributed by atoms with van der Waals surface area (Å²) in [5.41, 5.74) is 1.17. The molecule has 0 atom stereocenters. The van der Waals surface area contributed by atoms with Crippen LogP contribution < -0.4 is 4.74 Å². The summed E-state index contributed by atoms with van der Waals surface area (Å²) in [5, 5.41) is 31.3. The van der Waals surface area contributed by atoms with Crippen LogP contribution in [0.4, 0.5) is 0 Å². The van der Waals surface area contributed by atoms with Gasteiger partial charge in [0.1, 0.15) is 11.3 Å². The van der Waals surface area contributed by atoms with Crippen LogP contribution in [0.15, 0.2) is 0 Å². The third-order valence-corrected chi connectivity index (χ3v) is 6.63. The Morgan fingerprint density at radius 3 is 1.56 bits per heavy atom. The molecule has 3 N–H and O–H groups in total. The lowest BCUT2D eigenvalue weighted by atomic mass is 9.91. The zero-order valence-electron chi connectivity index (χ0n) is 22.1. The highest BCUT2D eigenvalue weighted by molar-refractivity contribution is 5.96. The second-order valence-electron chi connectivity index (χ2n) is 9.61. The molecule has 0 aliphatic carbocycles. The monoisotopic (exact) mass is 478 g/mol. The summed E-state index contributed by atoms with van der Waals surface area (Å²) in [6.07, 6.45) is 18.9. The first-order valence-electron chi connectivity index (χ1n) is 13.9. The van der Waals surface area contributed by atoms with Gasteiger partial charge in [0.25, 0.3) is 0 Å². The summed E-state index contributed by atoms with van der Waals surface area (Å²) < 4.78 is 6.06. The van der Waals surface area contributed by atoms with E-state index in [1.54, 1.807) is 0 Å². The number of hydrogen-bond acceptors (Lipinski definition) is 4. The van der Waals surface area contributed by atoms with E-state index in [0.717, 1.165) is 69.8 Å². The van der Waals surface area contributed by atoms with Gasteiger partial charge in [0.2, 0.25) is 0 Å². The van der Waals surface area contributed by atoms with Crippen molar-refractivity contribution >= 4 is 5.97 Å². The molecule has 0 amide bonds. The van der Waals surface area contributed by atoms with Gasteiger partial charge >= 0.3 is 5.97 Å². The topological polar surface area (TPSA) is 87.0 Å². The Labute approximate surface area is 207 Å². The number of carbonyl (C=O) groups is 1. The maximum atomic E-state index is 12.1. The van der Waals surface area contributed by atoms with Gasteiger partial charge in [0, 0.05) is 11.1 Å². The minimum Gasteiger partial charge on any atom is -0.504 e. The second kappa shape index (κ2) is 18.4. The van der Waals surface area contributed by atoms with Crippen molar-refractivity contribution in [2.45, 2.75) is 136 Å². The van der Waals surface area contributed by atoms with Crippen molar-refractivity contribution in [1.29, 1.82) is 0 Å². The maximum Gasteiger partial charge on any atom is 0.343 e. The molecule has 1 aromatic rings. The number of aromatic hydroxyl groups is 2. The van der Waals surface area contributed by atoms with Gasteiger partial charge in [-0.1, -0.05) is 104 Å². The number of aromatic carboxylic acids is 1. The van der Waals surface area contributed by atoms with Gasteiger partial charge in [0.15, 0.2) is 11.5 Å². The summed E-state index contributed by atoms with van der Waals surface area (Å²) in [6.45, 7) is 6.97. The lowest BCUT2D eigenvalue weighted by molar-refractivity contribution is 0.0687. The van der Waals surface area contributed by atoms with E-state index in [-0.39, 0.29) is 17.1 Å². The number of carboxylic acid groups (broad SMARTS) is 1. The smallest absolute Gasteiger partial charge is 0.343 e. The van der Waals surface area contributed by atoms with Crippen LogP contribution in [-0.2, 0) is 12.8 Å². The van der Waals surface area contributed by atoms with Gasteiger partial charge < -0.3 is 20.1 Å². The highest BCUT2D eigenvalue weighted by Gasteiger charge is 2.28. The van der Waals surface area contributed by atoms with Crippen molar-refractivity contribution in [1.82, 2.24) is 0 Å².